The van der Waals surface area contributed by atoms with E-state index >= 15 is 0 Å². The first-order valence-electron chi connectivity index (χ1n) is 7.37. The number of hydrogen-bond donors (Lipinski definition) is 0. The molecule has 2 aromatic heterocycles. The molecule has 1 aliphatic rings. The predicted octanol–water partition coefficient (Wildman–Crippen LogP) is 1.77. The lowest BCUT2D eigenvalue weighted by atomic mass is 9.97. The average molecular weight is 322 g/mol. The van der Waals surface area contributed by atoms with E-state index in [9.17, 15) is 0 Å². The van der Waals surface area contributed by atoms with E-state index in [0.717, 1.165) is 42.5 Å². The first kappa shape index (κ1) is 15.6. The van der Waals surface area contributed by atoms with Crippen molar-refractivity contribution in [3.63, 3.8) is 0 Å². The van der Waals surface area contributed by atoms with Crippen LogP contribution >= 0.6 is 11.3 Å². The van der Waals surface area contributed by atoms with Gasteiger partial charge >= 0.3 is 0 Å². The second kappa shape index (κ2) is 6.45. The summed E-state index contributed by atoms with van der Waals surface area (Å²) in [6, 6.07) is 0. The Bertz CT molecular complexity index is 627. The van der Waals surface area contributed by atoms with Crippen molar-refractivity contribution < 1.29 is 9.47 Å². The van der Waals surface area contributed by atoms with E-state index in [4.69, 9.17) is 9.47 Å². The lowest BCUT2D eigenvalue weighted by molar-refractivity contribution is -0.105. The third-order valence-electron chi connectivity index (χ3n) is 3.92. The van der Waals surface area contributed by atoms with Gasteiger partial charge in [-0.3, -0.25) is 9.58 Å². The Morgan fingerprint density at radius 3 is 3.09 bits per heavy atom. The van der Waals surface area contributed by atoms with Crippen molar-refractivity contribution in [3.8, 4) is 0 Å². The topological polar surface area (TPSA) is 52.4 Å². The molecule has 3 heterocycles. The summed E-state index contributed by atoms with van der Waals surface area (Å²) in [5, 5.41) is 7.41. The molecule has 0 spiro atoms. The second-order valence-corrected chi connectivity index (χ2v) is 6.80. The lowest BCUT2D eigenvalue weighted by Gasteiger charge is -2.39. The van der Waals surface area contributed by atoms with E-state index in [2.05, 4.69) is 27.3 Å². The van der Waals surface area contributed by atoms with Crippen molar-refractivity contribution in [2.45, 2.75) is 25.7 Å². The molecular formula is C15H22N4O2S. The molecule has 1 saturated heterocycles. The molecule has 22 heavy (non-hydrogen) atoms. The van der Waals surface area contributed by atoms with E-state index < -0.39 is 0 Å². The van der Waals surface area contributed by atoms with Gasteiger partial charge in [0.25, 0.3) is 0 Å². The van der Waals surface area contributed by atoms with Crippen LogP contribution in [0, 0.1) is 0 Å². The summed E-state index contributed by atoms with van der Waals surface area (Å²) in [6.45, 7) is 6.05. The summed E-state index contributed by atoms with van der Waals surface area (Å²) in [6.07, 6.45) is 3.92. The fourth-order valence-corrected chi connectivity index (χ4v) is 3.55. The first-order chi connectivity index (χ1) is 10.6. The van der Waals surface area contributed by atoms with Crippen LogP contribution in [0.15, 0.2) is 17.8 Å². The van der Waals surface area contributed by atoms with Crippen LogP contribution in [0.3, 0.4) is 0 Å². The normalized spacial score (nSPS) is 23.0. The smallest absolute Gasteiger partial charge is 0.119 e. The Hall–Kier alpha value is -1.28. The van der Waals surface area contributed by atoms with Crippen LogP contribution in [-0.2, 0) is 35.3 Å². The number of ether oxygens (including phenoxy) is 2. The van der Waals surface area contributed by atoms with Crippen LogP contribution in [-0.4, -0.2) is 46.5 Å². The fourth-order valence-electron chi connectivity index (χ4n) is 2.80. The van der Waals surface area contributed by atoms with Gasteiger partial charge in [-0.05, 0) is 6.92 Å². The standard InChI is InChI=1S/C15H22N4O2S/c1-15(12-6-16-18(2)7-12)11-19(4-5-21-15)8-13-10-22-14(17-13)9-20-3/h6-7,10H,4-5,8-9,11H2,1-3H3. The summed E-state index contributed by atoms with van der Waals surface area (Å²) in [5.74, 6) is 0. The maximum Gasteiger partial charge on any atom is 0.119 e. The van der Waals surface area contributed by atoms with E-state index in [1.54, 1.807) is 18.4 Å². The number of morpholine rings is 1. The molecule has 3 rings (SSSR count). The molecular weight excluding hydrogens is 300 g/mol. The molecule has 1 fully saturated rings. The van der Waals surface area contributed by atoms with E-state index in [1.165, 1.54) is 0 Å². The van der Waals surface area contributed by atoms with Crippen LogP contribution in [0.25, 0.3) is 0 Å². The zero-order valence-corrected chi connectivity index (χ0v) is 14.1. The van der Waals surface area contributed by atoms with Gasteiger partial charge in [-0.2, -0.15) is 5.10 Å². The fraction of sp³-hybridized carbons (Fsp3) is 0.600. The third kappa shape index (κ3) is 3.38. The summed E-state index contributed by atoms with van der Waals surface area (Å²) in [7, 11) is 3.63. The molecule has 1 unspecified atom stereocenters. The number of thiazole rings is 1. The molecule has 0 aromatic carbocycles. The van der Waals surface area contributed by atoms with Crippen LogP contribution in [0.4, 0.5) is 0 Å². The van der Waals surface area contributed by atoms with Crippen LogP contribution in [0.1, 0.15) is 23.2 Å². The van der Waals surface area contributed by atoms with Crippen molar-refractivity contribution in [2.24, 2.45) is 7.05 Å². The Morgan fingerprint density at radius 1 is 1.50 bits per heavy atom. The maximum atomic E-state index is 6.04. The molecule has 2 aromatic rings. The zero-order chi connectivity index (χ0) is 15.6. The van der Waals surface area contributed by atoms with Crippen LogP contribution in [0.2, 0.25) is 0 Å². The van der Waals surface area contributed by atoms with E-state index in [0.29, 0.717) is 6.61 Å². The Kier molecular flexibility index (Phi) is 4.58. The quantitative estimate of drug-likeness (QED) is 0.840. The molecule has 0 saturated carbocycles. The van der Waals surface area contributed by atoms with Crippen molar-refractivity contribution >= 4 is 11.3 Å². The highest BCUT2D eigenvalue weighted by Gasteiger charge is 2.35. The van der Waals surface area contributed by atoms with Gasteiger partial charge in [0.1, 0.15) is 10.6 Å². The van der Waals surface area contributed by atoms with Gasteiger partial charge < -0.3 is 9.47 Å². The van der Waals surface area contributed by atoms with E-state index in [1.807, 2.05) is 24.1 Å². The summed E-state index contributed by atoms with van der Waals surface area (Å²) in [4.78, 5) is 7.00. The SMILES string of the molecule is COCc1nc(CN2CCOC(C)(c3cnn(C)c3)C2)cs1. The molecule has 0 bridgehead atoms. The number of methoxy groups -OCH3 is 1. The molecule has 6 nitrogen and oxygen atoms in total. The van der Waals surface area contributed by atoms with Gasteiger partial charge in [0.15, 0.2) is 0 Å². The molecule has 0 N–H and O–H groups in total. The highest BCUT2D eigenvalue weighted by Crippen LogP contribution is 2.29. The molecule has 7 heteroatoms. The Labute approximate surface area is 134 Å². The molecule has 1 aliphatic heterocycles. The zero-order valence-electron chi connectivity index (χ0n) is 13.3. The molecule has 120 valence electrons. The third-order valence-corrected chi connectivity index (χ3v) is 4.79. The Balaban J connectivity index is 1.67. The van der Waals surface area contributed by atoms with Gasteiger partial charge in [0.2, 0.25) is 0 Å². The largest absolute Gasteiger partial charge is 0.378 e. The van der Waals surface area contributed by atoms with Gasteiger partial charge in [0, 0.05) is 50.9 Å². The number of aromatic nitrogens is 3. The highest BCUT2D eigenvalue weighted by atomic mass is 32.1. The lowest BCUT2D eigenvalue weighted by Crippen LogP contribution is -2.47. The molecule has 1 atom stereocenters. The molecule has 0 amide bonds. The number of rotatable bonds is 5. The highest BCUT2D eigenvalue weighted by molar-refractivity contribution is 7.09. The van der Waals surface area contributed by atoms with Crippen molar-refractivity contribution in [3.05, 3.63) is 34.0 Å². The average Bonchev–Trinajstić information content (AvgIpc) is 3.09. The Morgan fingerprint density at radius 2 is 2.36 bits per heavy atom. The number of aryl methyl sites for hydroxylation is 1. The molecule has 0 aliphatic carbocycles. The summed E-state index contributed by atoms with van der Waals surface area (Å²) >= 11 is 1.65. The summed E-state index contributed by atoms with van der Waals surface area (Å²) in [5.41, 5.74) is 1.92. The first-order valence-corrected chi connectivity index (χ1v) is 8.25. The number of hydrogen-bond acceptors (Lipinski definition) is 6. The van der Waals surface area contributed by atoms with Gasteiger partial charge in [-0.1, -0.05) is 0 Å². The molecule has 0 radical (unpaired) electrons. The van der Waals surface area contributed by atoms with Crippen molar-refractivity contribution in [1.29, 1.82) is 0 Å². The minimum atomic E-state index is -0.308. The maximum absolute atomic E-state index is 6.04. The minimum Gasteiger partial charge on any atom is -0.378 e. The monoisotopic (exact) mass is 322 g/mol. The number of nitrogens with zero attached hydrogens (tertiary/aromatic N) is 4. The second-order valence-electron chi connectivity index (χ2n) is 5.86. The van der Waals surface area contributed by atoms with Crippen molar-refractivity contribution in [2.75, 3.05) is 26.8 Å². The van der Waals surface area contributed by atoms with E-state index in [-0.39, 0.29) is 5.60 Å². The van der Waals surface area contributed by atoms with Gasteiger partial charge in [0.05, 0.1) is 25.1 Å². The minimum absolute atomic E-state index is 0.308. The van der Waals surface area contributed by atoms with Crippen LogP contribution in [0.5, 0.6) is 0 Å². The van der Waals surface area contributed by atoms with Gasteiger partial charge in [-0.25, -0.2) is 4.98 Å². The van der Waals surface area contributed by atoms with Crippen LogP contribution < -0.4 is 0 Å². The predicted molar refractivity (Wildman–Crippen MR) is 84.6 cm³/mol. The van der Waals surface area contributed by atoms with Crippen molar-refractivity contribution in [1.82, 2.24) is 19.7 Å². The van der Waals surface area contributed by atoms with Gasteiger partial charge in [-0.15, -0.1) is 11.3 Å². The summed E-state index contributed by atoms with van der Waals surface area (Å²) < 4.78 is 13.0.